The van der Waals surface area contributed by atoms with Crippen LogP contribution in [-0.2, 0) is 0 Å². The molecule has 0 heterocycles. The Balaban J connectivity index is 2.32. The molecule has 0 saturated carbocycles. The highest BCUT2D eigenvalue weighted by Gasteiger charge is 2.10. The first kappa shape index (κ1) is 13.8. The molecule has 0 aliphatic carbocycles. The molecule has 18 heavy (non-hydrogen) atoms. The number of ether oxygens (including phenoxy) is 1. The molecule has 2 aromatic rings. The first-order chi connectivity index (χ1) is 8.56. The van der Waals surface area contributed by atoms with Crippen LogP contribution in [0.1, 0.15) is 18.6 Å². The van der Waals surface area contributed by atoms with Gasteiger partial charge < -0.3 is 9.84 Å². The van der Waals surface area contributed by atoms with Gasteiger partial charge in [-0.2, -0.15) is 0 Å². The molecule has 0 bridgehead atoms. The minimum absolute atomic E-state index is 0.558. The number of hydrogen-bond acceptors (Lipinski definition) is 2. The van der Waals surface area contributed by atoms with Gasteiger partial charge in [0.15, 0.2) is 0 Å². The number of rotatable bonds is 3. The quantitative estimate of drug-likeness (QED) is 0.718. The summed E-state index contributed by atoms with van der Waals surface area (Å²) in [5, 5.41) is 9.72. The van der Waals surface area contributed by atoms with E-state index in [-0.39, 0.29) is 0 Å². The topological polar surface area (TPSA) is 29.5 Å². The van der Waals surface area contributed by atoms with Crippen LogP contribution in [-0.4, -0.2) is 5.11 Å². The Morgan fingerprint density at radius 2 is 1.83 bits per heavy atom. The van der Waals surface area contributed by atoms with E-state index >= 15 is 0 Å². The number of halogens is 2. The van der Waals surface area contributed by atoms with Gasteiger partial charge in [-0.25, -0.2) is 0 Å². The molecule has 0 aliphatic heterocycles. The van der Waals surface area contributed by atoms with Crippen LogP contribution in [0.15, 0.2) is 46.9 Å². The van der Waals surface area contributed by atoms with Gasteiger partial charge in [0.05, 0.1) is 6.10 Å². The fourth-order valence-electron chi connectivity index (χ4n) is 1.57. The molecular weight excluding hydrogens is 407 g/mol. The van der Waals surface area contributed by atoms with E-state index in [1.807, 2.05) is 42.5 Å². The summed E-state index contributed by atoms with van der Waals surface area (Å²) < 4.78 is 7.89. The monoisotopic (exact) mass is 418 g/mol. The lowest BCUT2D eigenvalue weighted by Gasteiger charge is -2.13. The Bertz CT molecular complexity index is 538. The molecule has 4 heteroatoms. The summed E-state index contributed by atoms with van der Waals surface area (Å²) >= 11 is 5.65. The maximum absolute atomic E-state index is 9.72. The Labute approximate surface area is 128 Å². The van der Waals surface area contributed by atoms with Gasteiger partial charge in [-0.1, -0.05) is 22.0 Å². The second-order valence-electron chi connectivity index (χ2n) is 3.91. The normalized spacial score (nSPS) is 12.2. The molecular formula is C14H12BrIO2. The molecule has 2 nitrogen and oxygen atoms in total. The first-order valence-corrected chi connectivity index (χ1v) is 7.34. The van der Waals surface area contributed by atoms with Crippen LogP contribution in [0.4, 0.5) is 0 Å². The highest BCUT2D eigenvalue weighted by atomic mass is 127. The molecule has 0 radical (unpaired) electrons. The average Bonchev–Trinajstić information content (AvgIpc) is 2.32. The molecule has 0 aromatic heterocycles. The van der Waals surface area contributed by atoms with Crippen LogP contribution in [0, 0.1) is 3.57 Å². The van der Waals surface area contributed by atoms with Gasteiger partial charge in [0, 0.05) is 13.6 Å². The van der Waals surface area contributed by atoms with Crippen molar-refractivity contribution < 1.29 is 9.84 Å². The zero-order valence-electron chi connectivity index (χ0n) is 9.73. The predicted molar refractivity (Wildman–Crippen MR) is 84.0 cm³/mol. The summed E-state index contributed by atoms with van der Waals surface area (Å²) in [5.74, 6) is 1.43. The van der Waals surface area contributed by atoms with Crippen molar-refractivity contribution in [2.45, 2.75) is 13.0 Å². The van der Waals surface area contributed by atoms with Crippen LogP contribution >= 0.6 is 38.5 Å². The molecule has 1 atom stereocenters. The second kappa shape index (κ2) is 6.04. The van der Waals surface area contributed by atoms with Gasteiger partial charge >= 0.3 is 0 Å². The highest BCUT2D eigenvalue weighted by molar-refractivity contribution is 14.1. The Morgan fingerprint density at radius 3 is 2.44 bits per heavy atom. The highest BCUT2D eigenvalue weighted by Crippen LogP contribution is 2.32. The third kappa shape index (κ3) is 3.46. The van der Waals surface area contributed by atoms with Crippen molar-refractivity contribution in [1.29, 1.82) is 0 Å². The van der Waals surface area contributed by atoms with Crippen molar-refractivity contribution in [2.75, 3.05) is 0 Å². The van der Waals surface area contributed by atoms with E-state index in [4.69, 9.17) is 4.74 Å². The lowest BCUT2D eigenvalue weighted by Crippen LogP contribution is -1.96. The third-order valence-corrected chi connectivity index (χ3v) is 3.68. The number of benzene rings is 2. The predicted octanol–water partition coefficient (Wildman–Crippen LogP) is 4.90. The second-order valence-corrected chi connectivity index (χ2v) is 6.08. The van der Waals surface area contributed by atoms with Crippen LogP contribution in [0.3, 0.4) is 0 Å². The lowest BCUT2D eigenvalue weighted by molar-refractivity contribution is 0.195. The van der Waals surface area contributed by atoms with Crippen molar-refractivity contribution in [3.63, 3.8) is 0 Å². The van der Waals surface area contributed by atoms with Gasteiger partial charge in [0.25, 0.3) is 0 Å². The van der Waals surface area contributed by atoms with Gasteiger partial charge in [0.1, 0.15) is 11.5 Å². The van der Waals surface area contributed by atoms with Crippen molar-refractivity contribution in [3.05, 3.63) is 56.1 Å². The summed E-state index contributed by atoms with van der Waals surface area (Å²) in [5.41, 5.74) is 0.775. The molecule has 1 unspecified atom stereocenters. The average molecular weight is 419 g/mol. The Kier molecular flexibility index (Phi) is 4.64. The van der Waals surface area contributed by atoms with Crippen molar-refractivity contribution in [1.82, 2.24) is 0 Å². The van der Waals surface area contributed by atoms with Crippen LogP contribution in [0.25, 0.3) is 0 Å². The smallest absolute Gasteiger partial charge is 0.134 e. The molecule has 0 aliphatic rings. The zero-order valence-corrected chi connectivity index (χ0v) is 13.5. The van der Waals surface area contributed by atoms with Crippen LogP contribution < -0.4 is 4.74 Å². The SMILES string of the molecule is CC(O)c1ccc(Br)cc1Oc1ccc(I)cc1. The van der Waals surface area contributed by atoms with E-state index < -0.39 is 6.10 Å². The molecule has 0 saturated heterocycles. The molecule has 2 aromatic carbocycles. The van der Waals surface area contributed by atoms with Crippen LogP contribution in [0.2, 0.25) is 0 Å². The van der Waals surface area contributed by atoms with Crippen molar-refractivity contribution in [3.8, 4) is 11.5 Å². The summed E-state index contributed by atoms with van der Waals surface area (Å²) in [4.78, 5) is 0. The third-order valence-electron chi connectivity index (χ3n) is 2.47. The number of aliphatic hydroxyl groups excluding tert-OH is 1. The van der Waals surface area contributed by atoms with Gasteiger partial charge in [-0.3, -0.25) is 0 Å². The first-order valence-electron chi connectivity index (χ1n) is 5.47. The van der Waals surface area contributed by atoms with Gasteiger partial charge in [-0.15, -0.1) is 0 Å². The molecule has 1 N–H and O–H groups in total. The maximum atomic E-state index is 9.72. The fourth-order valence-corrected chi connectivity index (χ4v) is 2.27. The zero-order chi connectivity index (χ0) is 13.1. The van der Waals surface area contributed by atoms with Gasteiger partial charge in [-0.05, 0) is 65.9 Å². The van der Waals surface area contributed by atoms with E-state index in [1.54, 1.807) is 6.92 Å². The molecule has 2 rings (SSSR count). The molecule has 94 valence electrons. The number of hydrogen-bond donors (Lipinski definition) is 1. The van der Waals surface area contributed by atoms with Crippen LogP contribution in [0.5, 0.6) is 11.5 Å². The summed E-state index contributed by atoms with van der Waals surface area (Å²) in [6, 6.07) is 13.4. The summed E-state index contributed by atoms with van der Waals surface area (Å²) in [7, 11) is 0. The fraction of sp³-hybridized carbons (Fsp3) is 0.143. The van der Waals surface area contributed by atoms with Crippen molar-refractivity contribution >= 4 is 38.5 Å². The van der Waals surface area contributed by atoms with E-state index in [9.17, 15) is 5.11 Å². The summed E-state index contributed by atoms with van der Waals surface area (Å²) in [6.07, 6.45) is -0.558. The van der Waals surface area contributed by atoms with E-state index in [2.05, 4.69) is 38.5 Å². The lowest BCUT2D eigenvalue weighted by atomic mass is 10.1. The van der Waals surface area contributed by atoms with Gasteiger partial charge in [0.2, 0.25) is 0 Å². The number of aliphatic hydroxyl groups is 1. The molecule has 0 fully saturated rings. The molecule has 0 amide bonds. The summed E-state index contributed by atoms with van der Waals surface area (Å²) in [6.45, 7) is 1.73. The Morgan fingerprint density at radius 1 is 1.17 bits per heavy atom. The minimum Gasteiger partial charge on any atom is -0.457 e. The minimum atomic E-state index is -0.558. The van der Waals surface area contributed by atoms with E-state index in [0.29, 0.717) is 5.75 Å². The largest absolute Gasteiger partial charge is 0.457 e. The standard InChI is InChI=1S/C14H12BrIO2/c1-9(17)13-7-2-10(15)8-14(13)18-12-5-3-11(16)4-6-12/h2-9,17H,1H3. The van der Waals surface area contributed by atoms with E-state index in [1.165, 1.54) is 0 Å². The molecule has 0 spiro atoms. The van der Waals surface area contributed by atoms with Crippen molar-refractivity contribution in [2.24, 2.45) is 0 Å². The van der Waals surface area contributed by atoms with E-state index in [0.717, 1.165) is 19.4 Å². The maximum Gasteiger partial charge on any atom is 0.134 e. The Hall–Kier alpha value is -0.590.